The van der Waals surface area contributed by atoms with Crippen molar-refractivity contribution in [2.24, 2.45) is 0 Å². The van der Waals surface area contributed by atoms with Crippen molar-refractivity contribution in [3.8, 4) is 0 Å². The Morgan fingerprint density at radius 1 is 0.929 bits per heavy atom. The Hall–Kier alpha value is -3.07. The van der Waals surface area contributed by atoms with Crippen LogP contribution >= 0.6 is 0 Å². The third-order valence-corrected chi connectivity index (χ3v) is 5.54. The second-order valence-corrected chi connectivity index (χ2v) is 7.39. The molecule has 1 heterocycles. The van der Waals surface area contributed by atoms with Gasteiger partial charge in [0.1, 0.15) is 6.61 Å². The van der Waals surface area contributed by atoms with Gasteiger partial charge in [0.25, 0.3) is 0 Å². The minimum Gasteiger partial charge on any atom is -0.445 e. The van der Waals surface area contributed by atoms with Crippen molar-refractivity contribution in [3.63, 3.8) is 0 Å². The van der Waals surface area contributed by atoms with E-state index in [1.54, 1.807) is 0 Å². The SMILES string of the molecule is Cc1ccccc1C1c2c(C)cccc2CCN1C(=O)OCc1ccccc1. The topological polar surface area (TPSA) is 29.5 Å². The van der Waals surface area contributed by atoms with Gasteiger partial charge in [0, 0.05) is 6.54 Å². The molecule has 0 spiro atoms. The molecule has 1 aliphatic rings. The number of amides is 1. The summed E-state index contributed by atoms with van der Waals surface area (Å²) in [4.78, 5) is 15.0. The van der Waals surface area contributed by atoms with Crippen LogP contribution in [0.15, 0.2) is 72.8 Å². The Kier molecular flexibility index (Phi) is 5.16. The molecular weight excluding hydrogens is 346 g/mol. The molecule has 0 saturated heterocycles. The molecule has 4 rings (SSSR count). The number of carbonyl (C=O) groups is 1. The van der Waals surface area contributed by atoms with Crippen LogP contribution in [0.4, 0.5) is 4.79 Å². The Morgan fingerprint density at radius 3 is 2.43 bits per heavy atom. The van der Waals surface area contributed by atoms with E-state index in [4.69, 9.17) is 4.74 Å². The Morgan fingerprint density at radius 2 is 1.64 bits per heavy atom. The average Bonchev–Trinajstić information content (AvgIpc) is 2.73. The highest BCUT2D eigenvalue weighted by molar-refractivity contribution is 5.70. The van der Waals surface area contributed by atoms with Gasteiger partial charge in [-0.3, -0.25) is 4.90 Å². The van der Waals surface area contributed by atoms with Gasteiger partial charge in [-0.1, -0.05) is 72.8 Å². The summed E-state index contributed by atoms with van der Waals surface area (Å²) in [5.41, 5.74) is 7.11. The number of ether oxygens (including phenoxy) is 1. The maximum Gasteiger partial charge on any atom is 0.410 e. The maximum absolute atomic E-state index is 13.1. The second kappa shape index (κ2) is 7.89. The van der Waals surface area contributed by atoms with Crippen molar-refractivity contribution in [1.82, 2.24) is 4.90 Å². The van der Waals surface area contributed by atoms with Crippen molar-refractivity contribution in [1.29, 1.82) is 0 Å². The van der Waals surface area contributed by atoms with Gasteiger partial charge in [-0.05, 0) is 53.6 Å². The molecule has 28 heavy (non-hydrogen) atoms. The van der Waals surface area contributed by atoms with Crippen LogP contribution in [0.5, 0.6) is 0 Å². The molecule has 0 aromatic heterocycles. The van der Waals surface area contributed by atoms with Gasteiger partial charge in [-0.25, -0.2) is 4.79 Å². The first-order chi connectivity index (χ1) is 13.6. The zero-order valence-electron chi connectivity index (χ0n) is 16.4. The molecule has 142 valence electrons. The smallest absolute Gasteiger partial charge is 0.410 e. The van der Waals surface area contributed by atoms with Crippen molar-refractivity contribution in [2.75, 3.05) is 6.54 Å². The van der Waals surface area contributed by atoms with Gasteiger partial charge in [-0.15, -0.1) is 0 Å². The first kappa shape index (κ1) is 18.3. The number of hydrogen-bond acceptors (Lipinski definition) is 2. The summed E-state index contributed by atoms with van der Waals surface area (Å²) >= 11 is 0. The van der Waals surface area contributed by atoms with E-state index in [0.717, 1.165) is 17.5 Å². The standard InChI is InChI=1S/C25H25NO2/c1-18-9-6-7-14-22(18)24-23-19(2)10-8-13-21(23)15-16-26(24)25(27)28-17-20-11-4-3-5-12-20/h3-14,24H,15-17H2,1-2H3. The van der Waals surface area contributed by atoms with Crippen molar-refractivity contribution in [3.05, 3.63) is 106 Å². The molecule has 3 aromatic rings. The van der Waals surface area contributed by atoms with E-state index in [2.05, 4.69) is 44.2 Å². The normalized spacial score (nSPS) is 15.8. The molecule has 1 aliphatic heterocycles. The molecule has 0 N–H and O–H groups in total. The van der Waals surface area contributed by atoms with Crippen molar-refractivity contribution >= 4 is 6.09 Å². The Labute approximate surface area is 166 Å². The van der Waals surface area contributed by atoms with Gasteiger partial charge in [0.2, 0.25) is 0 Å². The van der Waals surface area contributed by atoms with Crippen molar-refractivity contribution < 1.29 is 9.53 Å². The highest BCUT2D eigenvalue weighted by atomic mass is 16.6. The number of fused-ring (bicyclic) bond motifs is 1. The third kappa shape index (κ3) is 3.53. The monoisotopic (exact) mass is 371 g/mol. The van der Waals surface area contributed by atoms with E-state index in [9.17, 15) is 4.79 Å². The molecule has 0 bridgehead atoms. The molecule has 0 saturated carbocycles. The van der Waals surface area contributed by atoms with Gasteiger partial charge in [0.05, 0.1) is 6.04 Å². The summed E-state index contributed by atoms with van der Waals surface area (Å²) in [6.07, 6.45) is 0.589. The summed E-state index contributed by atoms with van der Waals surface area (Å²) in [7, 11) is 0. The van der Waals surface area contributed by atoms with Gasteiger partial charge >= 0.3 is 6.09 Å². The highest BCUT2D eigenvalue weighted by Gasteiger charge is 2.34. The Balaban J connectivity index is 1.69. The predicted molar refractivity (Wildman–Crippen MR) is 111 cm³/mol. The van der Waals surface area contributed by atoms with E-state index in [1.165, 1.54) is 22.3 Å². The van der Waals surface area contributed by atoms with Crippen LogP contribution in [0.3, 0.4) is 0 Å². The summed E-state index contributed by atoms with van der Waals surface area (Å²) in [6, 6.07) is 24.4. The van der Waals surface area contributed by atoms with Crippen LogP contribution in [-0.2, 0) is 17.8 Å². The minimum absolute atomic E-state index is 0.116. The molecule has 0 aliphatic carbocycles. The lowest BCUT2D eigenvalue weighted by atomic mass is 9.84. The van der Waals surface area contributed by atoms with Crippen molar-refractivity contribution in [2.45, 2.75) is 32.9 Å². The largest absolute Gasteiger partial charge is 0.445 e. The zero-order valence-corrected chi connectivity index (χ0v) is 16.4. The fraction of sp³-hybridized carbons (Fsp3) is 0.240. The fourth-order valence-electron chi connectivity index (χ4n) is 4.09. The lowest BCUT2D eigenvalue weighted by Crippen LogP contribution is -2.41. The number of carbonyl (C=O) groups excluding carboxylic acids is 1. The average molecular weight is 371 g/mol. The third-order valence-electron chi connectivity index (χ3n) is 5.54. The summed E-state index contributed by atoms with van der Waals surface area (Å²) in [5.74, 6) is 0. The highest BCUT2D eigenvalue weighted by Crippen LogP contribution is 2.38. The lowest BCUT2D eigenvalue weighted by Gasteiger charge is -2.38. The van der Waals surface area contributed by atoms with E-state index < -0.39 is 0 Å². The summed E-state index contributed by atoms with van der Waals surface area (Å²) in [5, 5.41) is 0. The molecule has 0 fully saturated rings. The Bertz CT molecular complexity index is 981. The van der Waals surface area contributed by atoms with Gasteiger partial charge in [-0.2, -0.15) is 0 Å². The number of rotatable bonds is 3. The molecule has 3 heteroatoms. The van der Waals surface area contributed by atoms with Crippen LogP contribution in [-0.4, -0.2) is 17.5 Å². The second-order valence-electron chi connectivity index (χ2n) is 7.39. The molecule has 3 nitrogen and oxygen atoms in total. The maximum atomic E-state index is 13.1. The molecule has 1 amide bonds. The molecule has 1 unspecified atom stereocenters. The zero-order chi connectivity index (χ0) is 19.5. The molecule has 1 atom stereocenters. The van der Waals surface area contributed by atoms with E-state index in [1.807, 2.05) is 47.4 Å². The van der Waals surface area contributed by atoms with Crippen LogP contribution in [0, 0.1) is 13.8 Å². The summed E-state index contributed by atoms with van der Waals surface area (Å²) in [6.45, 7) is 5.18. The number of aryl methyl sites for hydroxylation is 2. The molecule has 3 aromatic carbocycles. The van der Waals surface area contributed by atoms with Crippen LogP contribution in [0.2, 0.25) is 0 Å². The first-order valence-electron chi connectivity index (χ1n) is 9.76. The van der Waals surface area contributed by atoms with E-state index >= 15 is 0 Å². The van der Waals surface area contributed by atoms with E-state index in [0.29, 0.717) is 6.54 Å². The van der Waals surface area contributed by atoms with Gasteiger partial charge in [0.15, 0.2) is 0 Å². The van der Waals surface area contributed by atoms with Crippen LogP contribution in [0.1, 0.15) is 39.4 Å². The van der Waals surface area contributed by atoms with E-state index in [-0.39, 0.29) is 18.7 Å². The number of hydrogen-bond donors (Lipinski definition) is 0. The van der Waals surface area contributed by atoms with Gasteiger partial charge < -0.3 is 4.74 Å². The minimum atomic E-state index is -0.258. The summed E-state index contributed by atoms with van der Waals surface area (Å²) < 4.78 is 5.70. The first-order valence-corrected chi connectivity index (χ1v) is 9.76. The molecule has 0 radical (unpaired) electrons. The van der Waals surface area contributed by atoms with Crippen LogP contribution in [0.25, 0.3) is 0 Å². The predicted octanol–water partition coefficient (Wildman–Crippen LogP) is 5.59. The van der Waals surface area contributed by atoms with Crippen LogP contribution < -0.4 is 0 Å². The molecular formula is C25H25NO2. The fourth-order valence-corrected chi connectivity index (χ4v) is 4.09. The lowest BCUT2D eigenvalue weighted by molar-refractivity contribution is 0.0835. The number of benzene rings is 3. The quantitative estimate of drug-likeness (QED) is 0.601. The number of nitrogens with zero attached hydrogens (tertiary/aromatic N) is 1.